The number of thioether (sulfide) groups is 1. The molecule has 0 bridgehead atoms. The molecule has 6 heteroatoms. The van der Waals surface area contributed by atoms with Crippen molar-refractivity contribution in [3.63, 3.8) is 0 Å². The number of hydrogen-bond acceptors (Lipinski definition) is 6. The first-order valence-corrected chi connectivity index (χ1v) is 7.81. The fraction of sp³-hybridized carbons (Fsp3) is 0.571. The standard InChI is InChI=1S/C14H21NO4S/c1-17-9-11(16)8-15-7-10-5-12-13(6-14(10)20-2)19-4-3-18-12/h5-6,11,15-16H,3-4,7-9H2,1-2H3. The third-order valence-corrected chi connectivity index (χ3v) is 3.82. The molecule has 0 fully saturated rings. The summed E-state index contributed by atoms with van der Waals surface area (Å²) in [7, 11) is 1.58. The predicted octanol–water partition coefficient (Wildman–Crippen LogP) is 1.28. The molecule has 0 amide bonds. The van der Waals surface area contributed by atoms with Crippen molar-refractivity contribution in [3.8, 4) is 11.5 Å². The van der Waals surface area contributed by atoms with Crippen molar-refractivity contribution in [3.05, 3.63) is 17.7 Å². The van der Waals surface area contributed by atoms with Gasteiger partial charge in [-0.2, -0.15) is 0 Å². The van der Waals surface area contributed by atoms with Crippen molar-refractivity contribution >= 4 is 11.8 Å². The van der Waals surface area contributed by atoms with Crippen LogP contribution in [0.3, 0.4) is 0 Å². The van der Waals surface area contributed by atoms with Crippen LogP contribution in [0.5, 0.6) is 11.5 Å². The van der Waals surface area contributed by atoms with Gasteiger partial charge in [0.05, 0.1) is 12.7 Å². The van der Waals surface area contributed by atoms with Gasteiger partial charge < -0.3 is 24.6 Å². The van der Waals surface area contributed by atoms with Crippen LogP contribution in [0.4, 0.5) is 0 Å². The highest BCUT2D eigenvalue weighted by Crippen LogP contribution is 2.36. The molecule has 0 saturated heterocycles. The molecule has 5 nitrogen and oxygen atoms in total. The second-order valence-corrected chi connectivity index (χ2v) is 5.40. The number of benzene rings is 1. The molecule has 2 rings (SSSR count). The Morgan fingerprint density at radius 3 is 2.70 bits per heavy atom. The number of nitrogens with one attached hydrogen (secondary N) is 1. The number of methoxy groups -OCH3 is 1. The van der Waals surface area contributed by atoms with E-state index in [-0.39, 0.29) is 0 Å². The van der Waals surface area contributed by atoms with Gasteiger partial charge in [-0.25, -0.2) is 0 Å². The summed E-state index contributed by atoms with van der Waals surface area (Å²) in [5.74, 6) is 1.60. The quantitative estimate of drug-likeness (QED) is 0.740. The number of aliphatic hydroxyl groups is 1. The predicted molar refractivity (Wildman–Crippen MR) is 78.8 cm³/mol. The Kier molecular flexibility index (Phi) is 5.97. The van der Waals surface area contributed by atoms with E-state index in [9.17, 15) is 5.11 Å². The molecule has 0 saturated carbocycles. The largest absolute Gasteiger partial charge is 0.486 e. The SMILES string of the molecule is COCC(O)CNCc1cc2c(cc1SC)OCCO2. The van der Waals surface area contributed by atoms with E-state index in [0.717, 1.165) is 22.0 Å². The van der Waals surface area contributed by atoms with Crippen molar-refractivity contribution in [1.29, 1.82) is 0 Å². The maximum atomic E-state index is 9.61. The molecule has 1 heterocycles. The summed E-state index contributed by atoms with van der Waals surface area (Å²) in [6.07, 6.45) is 1.55. The van der Waals surface area contributed by atoms with Gasteiger partial charge >= 0.3 is 0 Å². The molecule has 0 spiro atoms. The number of rotatable bonds is 7. The van der Waals surface area contributed by atoms with Crippen LogP contribution in [0, 0.1) is 0 Å². The van der Waals surface area contributed by atoms with Crippen molar-refractivity contribution in [1.82, 2.24) is 5.32 Å². The highest BCUT2D eigenvalue weighted by molar-refractivity contribution is 7.98. The van der Waals surface area contributed by atoms with Crippen molar-refractivity contribution in [2.75, 3.05) is 39.7 Å². The molecule has 20 heavy (non-hydrogen) atoms. The molecular weight excluding hydrogens is 278 g/mol. The molecule has 1 atom stereocenters. The highest BCUT2D eigenvalue weighted by atomic mass is 32.2. The normalized spacial score (nSPS) is 15.2. The summed E-state index contributed by atoms with van der Waals surface area (Å²) in [4.78, 5) is 1.16. The number of hydrogen-bond donors (Lipinski definition) is 2. The molecular formula is C14H21NO4S. The molecule has 1 aromatic rings. The Morgan fingerprint density at radius 1 is 1.35 bits per heavy atom. The highest BCUT2D eigenvalue weighted by Gasteiger charge is 2.15. The monoisotopic (exact) mass is 299 g/mol. The maximum Gasteiger partial charge on any atom is 0.162 e. The second-order valence-electron chi connectivity index (χ2n) is 4.55. The third kappa shape index (κ3) is 4.02. The lowest BCUT2D eigenvalue weighted by Crippen LogP contribution is -2.29. The summed E-state index contributed by atoms with van der Waals surface area (Å²) in [6, 6.07) is 4.03. The summed E-state index contributed by atoms with van der Waals surface area (Å²) in [5, 5.41) is 12.8. The van der Waals surface area contributed by atoms with E-state index in [1.54, 1.807) is 18.9 Å². The molecule has 1 aliphatic rings. The number of fused-ring (bicyclic) bond motifs is 1. The van der Waals surface area contributed by atoms with Gasteiger partial charge in [-0.05, 0) is 24.0 Å². The van der Waals surface area contributed by atoms with Gasteiger partial charge in [0.25, 0.3) is 0 Å². The lowest BCUT2D eigenvalue weighted by molar-refractivity contribution is 0.0644. The molecule has 2 N–H and O–H groups in total. The fourth-order valence-corrected chi connectivity index (χ4v) is 2.68. The van der Waals surface area contributed by atoms with Crippen LogP contribution in [0.1, 0.15) is 5.56 Å². The van der Waals surface area contributed by atoms with Crippen LogP contribution in [-0.4, -0.2) is 50.9 Å². The molecule has 1 aliphatic heterocycles. The molecule has 112 valence electrons. The van der Waals surface area contributed by atoms with E-state index in [2.05, 4.69) is 5.32 Å². The topological polar surface area (TPSA) is 60.0 Å². The van der Waals surface area contributed by atoms with Crippen LogP contribution < -0.4 is 14.8 Å². The Bertz CT molecular complexity index is 441. The van der Waals surface area contributed by atoms with E-state index in [0.29, 0.717) is 32.9 Å². The number of aliphatic hydroxyl groups excluding tert-OH is 1. The summed E-state index contributed by atoms with van der Waals surface area (Å²) in [5.41, 5.74) is 1.14. The fourth-order valence-electron chi connectivity index (χ4n) is 2.07. The van der Waals surface area contributed by atoms with Crippen LogP contribution in [-0.2, 0) is 11.3 Å². The van der Waals surface area contributed by atoms with Gasteiger partial charge in [0.2, 0.25) is 0 Å². The first-order chi connectivity index (χ1) is 9.74. The molecule has 0 aliphatic carbocycles. The first-order valence-electron chi connectivity index (χ1n) is 6.58. The van der Waals surface area contributed by atoms with Crippen LogP contribution >= 0.6 is 11.8 Å². The molecule has 1 aromatic carbocycles. The zero-order valence-electron chi connectivity index (χ0n) is 11.8. The first kappa shape index (κ1) is 15.4. The Labute approximate surface area is 123 Å². The summed E-state index contributed by atoms with van der Waals surface area (Å²) in [6.45, 7) is 2.69. The van der Waals surface area contributed by atoms with Crippen molar-refractivity contribution in [2.45, 2.75) is 17.5 Å². The molecule has 0 radical (unpaired) electrons. The van der Waals surface area contributed by atoms with E-state index >= 15 is 0 Å². The minimum atomic E-state index is -0.491. The van der Waals surface area contributed by atoms with Crippen LogP contribution in [0.15, 0.2) is 17.0 Å². The van der Waals surface area contributed by atoms with Gasteiger partial charge in [0.15, 0.2) is 11.5 Å². The third-order valence-electron chi connectivity index (χ3n) is 3.00. The van der Waals surface area contributed by atoms with E-state index < -0.39 is 6.10 Å². The van der Waals surface area contributed by atoms with Gasteiger partial charge in [-0.1, -0.05) is 0 Å². The van der Waals surface area contributed by atoms with E-state index in [1.807, 2.05) is 18.4 Å². The smallest absolute Gasteiger partial charge is 0.162 e. The average Bonchev–Trinajstić information content (AvgIpc) is 2.46. The molecule has 1 unspecified atom stereocenters. The maximum absolute atomic E-state index is 9.61. The average molecular weight is 299 g/mol. The van der Waals surface area contributed by atoms with Crippen molar-refractivity contribution in [2.24, 2.45) is 0 Å². The second kappa shape index (κ2) is 7.73. The van der Waals surface area contributed by atoms with Gasteiger partial charge in [0, 0.05) is 25.1 Å². The van der Waals surface area contributed by atoms with Gasteiger partial charge in [0.1, 0.15) is 13.2 Å². The Morgan fingerprint density at radius 2 is 2.05 bits per heavy atom. The zero-order chi connectivity index (χ0) is 14.4. The minimum Gasteiger partial charge on any atom is -0.486 e. The lowest BCUT2D eigenvalue weighted by atomic mass is 10.2. The van der Waals surface area contributed by atoms with Crippen LogP contribution in [0.2, 0.25) is 0 Å². The van der Waals surface area contributed by atoms with Crippen molar-refractivity contribution < 1.29 is 19.3 Å². The Hall–Kier alpha value is -0.950. The van der Waals surface area contributed by atoms with E-state index in [4.69, 9.17) is 14.2 Å². The van der Waals surface area contributed by atoms with Crippen LogP contribution in [0.25, 0.3) is 0 Å². The summed E-state index contributed by atoms with van der Waals surface area (Å²) >= 11 is 1.67. The van der Waals surface area contributed by atoms with Gasteiger partial charge in [-0.15, -0.1) is 11.8 Å². The van der Waals surface area contributed by atoms with E-state index in [1.165, 1.54) is 0 Å². The van der Waals surface area contributed by atoms with Gasteiger partial charge in [-0.3, -0.25) is 0 Å². The number of ether oxygens (including phenoxy) is 3. The summed E-state index contributed by atoms with van der Waals surface area (Å²) < 4.78 is 16.1. The zero-order valence-corrected chi connectivity index (χ0v) is 12.7. The molecule has 0 aromatic heterocycles. The Balaban J connectivity index is 1.99. The minimum absolute atomic E-state index is 0.337. The lowest BCUT2D eigenvalue weighted by Gasteiger charge is -2.21.